The number of likely N-dealkylation sites (N-methyl/N-ethyl adjacent to an activating group) is 5. The summed E-state index contributed by atoms with van der Waals surface area (Å²) in [6, 6.07) is 22.0. The number of amides is 5. The van der Waals surface area contributed by atoms with Gasteiger partial charge in [0.05, 0.1) is 68.7 Å². The number of hydrogen-bond donors (Lipinski definition) is 5. The first kappa shape index (κ1) is 91.3. The third-order valence-electron chi connectivity index (χ3n) is 19.8. The van der Waals surface area contributed by atoms with Crippen molar-refractivity contribution in [2.24, 2.45) is 17.8 Å². The Morgan fingerprint density at radius 1 is 0.420 bits per heavy atom. The molecule has 3 aromatic carbocycles. The van der Waals surface area contributed by atoms with Crippen LogP contribution in [0.15, 0.2) is 125 Å². The van der Waals surface area contributed by atoms with Crippen LogP contribution >= 0.6 is 0 Å². The Balaban J connectivity index is 0.000000245. The number of sulfonamides is 3. The summed E-state index contributed by atoms with van der Waals surface area (Å²) in [5.74, 6) is -0.0986. The molecule has 3 saturated heterocycles. The first-order chi connectivity index (χ1) is 53.0. The van der Waals surface area contributed by atoms with Crippen molar-refractivity contribution in [3.63, 3.8) is 0 Å². The Hall–Kier alpha value is -9.58. The van der Waals surface area contributed by atoms with Crippen LogP contribution in [0.1, 0.15) is 71.9 Å². The highest BCUT2D eigenvalue weighted by Gasteiger charge is 2.32. The summed E-state index contributed by atoms with van der Waals surface area (Å²) in [6.07, 6.45) is 17.4. The number of rotatable bonds is 30. The Labute approximate surface area is 660 Å². The van der Waals surface area contributed by atoms with Crippen molar-refractivity contribution in [3.8, 4) is 17.2 Å². The van der Waals surface area contributed by atoms with Crippen LogP contribution in [0.2, 0.25) is 0 Å². The van der Waals surface area contributed by atoms with Gasteiger partial charge in [-0.2, -0.15) is 12.9 Å². The minimum absolute atomic E-state index is 0.104. The van der Waals surface area contributed by atoms with Gasteiger partial charge in [-0.25, -0.2) is 25.3 Å². The van der Waals surface area contributed by atoms with Gasteiger partial charge in [-0.15, -0.1) is 0 Å². The Bertz CT molecular complexity index is 4200. The number of ether oxygens (including phenoxy) is 3. The molecule has 5 N–H and O–H groups in total. The SMILES string of the molecule is CNCC1CCN(c2ccncc2)CC1.COc1cc(C)c(S(=O)(=O)N(C)CC(=O)NCC(=O)N(C)CC2CCN(c3ccncc3)CC2)c(C)c1.COc1cc(C)c(S(=O)(=O)N(C)CC(=O)NCC(=O)N(C)CC2CCN(c3ccncc3)CC2)c(C)c1.COc1cc(C)c(S(=O)(=O)N(C)CC(=O)NCC(=O)O)c(C)c1. The maximum absolute atomic E-state index is 13.1. The highest BCUT2D eigenvalue weighted by Crippen LogP contribution is 2.32. The topological polar surface area (TPSA) is 365 Å². The van der Waals surface area contributed by atoms with E-state index in [1.165, 1.54) is 74.1 Å². The lowest BCUT2D eigenvalue weighted by Crippen LogP contribution is -2.45. The highest BCUT2D eigenvalue weighted by atomic mass is 32.2. The number of pyridine rings is 3. The summed E-state index contributed by atoms with van der Waals surface area (Å²) in [5.41, 5.74) is 6.77. The number of carbonyl (C=O) groups excluding carboxylic acids is 5. The zero-order valence-corrected chi connectivity index (χ0v) is 69.6. The van der Waals surface area contributed by atoms with Gasteiger partial charge in [0.15, 0.2) is 0 Å². The van der Waals surface area contributed by atoms with E-state index in [4.69, 9.17) is 19.3 Å². The van der Waals surface area contributed by atoms with E-state index in [1.54, 1.807) is 127 Å². The largest absolute Gasteiger partial charge is 0.497 e. The molecule has 0 unspecified atom stereocenters. The average molecular weight is 1610 g/mol. The lowest BCUT2D eigenvalue weighted by atomic mass is 9.96. The number of aryl methyl sites for hydroxylation is 6. The number of aromatic nitrogens is 3. The maximum Gasteiger partial charge on any atom is 0.322 e. The van der Waals surface area contributed by atoms with E-state index in [1.807, 2.05) is 43.7 Å². The third-order valence-corrected chi connectivity index (χ3v) is 26.1. The maximum atomic E-state index is 13.1. The number of piperidine rings is 3. The number of carboxylic acids is 1. The number of carboxylic acid groups (broad SMARTS) is 1. The number of benzene rings is 3. The van der Waals surface area contributed by atoms with Gasteiger partial charge in [0.1, 0.15) is 23.8 Å². The molecule has 0 spiro atoms. The second-order valence-electron chi connectivity index (χ2n) is 28.3. The minimum atomic E-state index is -3.90. The quantitative estimate of drug-likeness (QED) is 0.0382. The summed E-state index contributed by atoms with van der Waals surface area (Å²) in [4.78, 5) is 95.1. The summed E-state index contributed by atoms with van der Waals surface area (Å²) in [7, 11) is 2.29. The van der Waals surface area contributed by atoms with Gasteiger partial charge in [0.25, 0.3) is 0 Å². The molecule has 0 saturated carbocycles. The number of hydrogen-bond acceptors (Lipinski definition) is 22. The average Bonchev–Trinajstić information content (AvgIpc) is 0.792. The zero-order chi connectivity index (χ0) is 82.6. The predicted molar refractivity (Wildman–Crippen MR) is 430 cm³/mol. The number of aliphatic carboxylic acids is 1. The van der Waals surface area contributed by atoms with Crippen LogP contribution in [0.25, 0.3) is 0 Å². The van der Waals surface area contributed by atoms with E-state index < -0.39 is 79.9 Å². The van der Waals surface area contributed by atoms with Crippen LogP contribution in [0.5, 0.6) is 17.2 Å². The van der Waals surface area contributed by atoms with E-state index in [0.717, 1.165) is 88.6 Å². The normalized spacial score (nSPS) is 14.3. The Morgan fingerprint density at radius 2 is 0.661 bits per heavy atom. The fraction of sp³-hybridized carbons (Fsp3) is 0.500. The molecule has 34 heteroatoms. The Morgan fingerprint density at radius 3 is 0.893 bits per heavy atom. The molecule has 112 heavy (non-hydrogen) atoms. The second kappa shape index (κ2) is 43.5. The summed E-state index contributed by atoms with van der Waals surface area (Å²) in [5, 5.41) is 19.0. The van der Waals surface area contributed by atoms with Crippen molar-refractivity contribution < 1.29 is 73.3 Å². The van der Waals surface area contributed by atoms with E-state index in [9.17, 15) is 54.0 Å². The summed E-state index contributed by atoms with van der Waals surface area (Å²) >= 11 is 0. The van der Waals surface area contributed by atoms with Gasteiger partial charge in [-0.05, 0) is 218 Å². The molecule has 3 aliphatic heterocycles. The molecule has 3 fully saturated rings. The molecule has 0 atom stereocenters. The molecule has 6 heterocycles. The van der Waals surface area contributed by atoms with Gasteiger partial charge in [-0.3, -0.25) is 43.7 Å². The van der Waals surface area contributed by atoms with Crippen LogP contribution in [-0.4, -0.2) is 265 Å². The van der Waals surface area contributed by atoms with E-state index in [0.29, 0.717) is 75.6 Å². The molecule has 5 amide bonds. The van der Waals surface area contributed by atoms with Gasteiger partial charge < -0.3 is 65.1 Å². The van der Waals surface area contributed by atoms with Gasteiger partial charge in [-0.1, -0.05) is 0 Å². The highest BCUT2D eigenvalue weighted by molar-refractivity contribution is 7.89. The monoisotopic (exact) mass is 1610 g/mol. The first-order valence-electron chi connectivity index (χ1n) is 37.0. The van der Waals surface area contributed by atoms with Gasteiger partial charge >= 0.3 is 5.97 Å². The van der Waals surface area contributed by atoms with Crippen molar-refractivity contribution in [3.05, 3.63) is 143 Å². The predicted octanol–water partition coefficient (Wildman–Crippen LogP) is 5.29. The zero-order valence-electron chi connectivity index (χ0n) is 67.2. The van der Waals surface area contributed by atoms with Gasteiger partial charge in [0, 0.05) is 142 Å². The lowest BCUT2D eigenvalue weighted by molar-refractivity contribution is -0.138. The molecule has 6 aromatic rings. The molecule has 614 valence electrons. The van der Waals surface area contributed by atoms with Crippen molar-refractivity contribution in [2.75, 3.05) is 176 Å². The molecule has 3 aliphatic rings. The molecular formula is C78H113N15O16S3. The fourth-order valence-corrected chi connectivity index (χ4v) is 18.3. The van der Waals surface area contributed by atoms with Crippen LogP contribution in [0.3, 0.4) is 0 Å². The summed E-state index contributed by atoms with van der Waals surface area (Å²) in [6.45, 7) is 16.3. The number of methoxy groups -OCH3 is 3. The summed E-state index contributed by atoms with van der Waals surface area (Å²) < 4.78 is 96.1. The smallest absolute Gasteiger partial charge is 0.322 e. The standard InChI is InChI=1S/2C26H37N5O5S.C14H20N2O6S.C12H19N3/c2*1-19-14-23(36-5)15-20(2)26(19)37(34,35)30(4)18-24(32)28-16-25(33)29(3)17-21-8-12-31(13-9-21)22-6-10-27-11-7-22;1-9-5-11(22-4)6-10(2)14(9)23(20,21)16(3)8-12(17)15-7-13(18)19;1-13-10-11-4-8-15(9-5-11)12-2-6-14-7-3-12/h2*6-7,10-11,14-15,21H,8-9,12-13,16-18H2,1-5H3,(H,28,32);5-6H,7-8H2,1-4H3,(H,15,17)(H,18,19);2-3,6-7,11,13H,4-5,8-10H2,1H3. The van der Waals surface area contributed by atoms with Crippen LogP contribution in [0, 0.1) is 59.3 Å². The van der Waals surface area contributed by atoms with Crippen LogP contribution < -0.4 is 50.2 Å². The van der Waals surface area contributed by atoms with Crippen molar-refractivity contribution in [1.29, 1.82) is 0 Å². The van der Waals surface area contributed by atoms with Crippen molar-refractivity contribution in [1.82, 2.24) is 58.9 Å². The van der Waals surface area contributed by atoms with Crippen molar-refractivity contribution >= 4 is 82.6 Å². The molecule has 3 aromatic heterocycles. The second-order valence-corrected chi connectivity index (χ2v) is 34.2. The molecule has 0 bridgehead atoms. The fourth-order valence-electron chi connectivity index (χ4n) is 13.7. The lowest BCUT2D eigenvalue weighted by Gasteiger charge is -2.35. The molecule has 9 rings (SSSR count). The van der Waals surface area contributed by atoms with Crippen LogP contribution in [0.4, 0.5) is 17.1 Å². The van der Waals surface area contributed by atoms with Crippen molar-refractivity contribution in [2.45, 2.75) is 94.8 Å². The minimum Gasteiger partial charge on any atom is -0.497 e. The third kappa shape index (κ3) is 26.8. The van der Waals surface area contributed by atoms with Crippen LogP contribution in [-0.2, 0) is 58.8 Å². The molecule has 0 radical (unpaired) electrons. The first-order valence-corrected chi connectivity index (χ1v) is 41.3. The van der Waals surface area contributed by atoms with E-state index >= 15 is 0 Å². The van der Waals surface area contributed by atoms with E-state index in [-0.39, 0.29) is 39.6 Å². The number of carbonyl (C=O) groups is 6. The molecular weight excluding hydrogens is 1500 g/mol. The Kier molecular flexibility index (Phi) is 35.4. The number of nitrogens with one attached hydrogen (secondary N) is 4. The van der Waals surface area contributed by atoms with Gasteiger partial charge in [0.2, 0.25) is 59.6 Å². The molecule has 0 aliphatic carbocycles. The van der Waals surface area contributed by atoms with E-state index in [2.05, 4.69) is 63.1 Å². The molecule has 31 nitrogen and oxygen atoms in total. The number of nitrogens with zero attached hydrogens (tertiary/aromatic N) is 11. The number of anilines is 3.